The first-order valence-corrected chi connectivity index (χ1v) is 10.7. The largest absolute Gasteiger partial charge is 0.467 e. The summed E-state index contributed by atoms with van der Waals surface area (Å²) < 4.78 is 11.1. The van der Waals surface area contributed by atoms with Crippen molar-refractivity contribution in [3.8, 4) is 6.07 Å². The van der Waals surface area contributed by atoms with Gasteiger partial charge in [0, 0.05) is 43.9 Å². The number of anilines is 1. The molecule has 4 rings (SSSR count). The predicted molar refractivity (Wildman–Crippen MR) is 116 cm³/mol. The van der Waals surface area contributed by atoms with Crippen LogP contribution < -0.4 is 10.2 Å². The molecule has 9 nitrogen and oxygen atoms in total. The number of nitrogens with zero attached hydrogens (tertiary/aromatic N) is 4. The molecule has 2 aromatic heterocycles. The summed E-state index contributed by atoms with van der Waals surface area (Å²) in [5.41, 5.74) is 3.10. The number of hydrogen-bond donors (Lipinski definition) is 1. The first kappa shape index (κ1) is 21.8. The number of aromatic nitrogens is 1. The third kappa shape index (κ3) is 4.32. The summed E-state index contributed by atoms with van der Waals surface area (Å²) >= 11 is 0. The highest BCUT2D eigenvalue weighted by Gasteiger charge is 2.33. The molecule has 0 atom stereocenters. The lowest BCUT2D eigenvalue weighted by Gasteiger charge is -2.37. The first-order chi connectivity index (χ1) is 15.3. The Morgan fingerprint density at radius 1 is 1.25 bits per heavy atom. The van der Waals surface area contributed by atoms with Crippen LogP contribution in [0.1, 0.15) is 42.0 Å². The van der Waals surface area contributed by atoms with Crippen LogP contribution in [-0.2, 0) is 33.9 Å². The SMILES string of the molecule is Cc1nc(N2CCN(C(=O)C(=O)NCc3ccco3)CC2)c(C#N)c2c1COC(C)(C)C2. The molecule has 0 saturated carbocycles. The molecule has 1 N–H and O–H groups in total. The Morgan fingerprint density at radius 2 is 2.00 bits per heavy atom. The molecule has 1 saturated heterocycles. The molecule has 4 heterocycles. The minimum absolute atomic E-state index is 0.168. The summed E-state index contributed by atoms with van der Waals surface area (Å²) in [5.74, 6) is 0.0148. The van der Waals surface area contributed by atoms with Crippen molar-refractivity contribution in [1.29, 1.82) is 5.26 Å². The summed E-state index contributed by atoms with van der Waals surface area (Å²) in [6.45, 7) is 8.35. The van der Waals surface area contributed by atoms with Gasteiger partial charge in [0.2, 0.25) is 0 Å². The fourth-order valence-electron chi connectivity index (χ4n) is 4.18. The fraction of sp³-hybridized carbons (Fsp3) is 0.478. The van der Waals surface area contributed by atoms with Gasteiger partial charge in [0.25, 0.3) is 0 Å². The summed E-state index contributed by atoms with van der Waals surface area (Å²) in [7, 11) is 0. The standard InChI is InChI=1S/C23H27N5O4/c1-15-19-14-32-23(2,3)11-17(19)18(12-24)20(26-15)27-6-8-28(9-7-27)22(30)21(29)25-13-16-5-4-10-31-16/h4-5,10H,6-9,11,13-14H2,1-3H3,(H,25,29). The van der Waals surface area contributed by atoms with Gasteiger partial charge >= 0.3 is 11.8 Å². The number of rotatable bonds is 3. The van der Waals surface area contributed by atoms with Crippen LogP contribution in [0.25, 0.3) is 0 Å². The maximum atomic E-state index is 12.5. The van der Waals surface area contributed by atoms with Crippen molar-refractivity contribution in [3.63, 3.8) is 0 Å². The summed E-state index contributed by atoms with van der Waals surface area (Å²) in [4.78, 5) is 33.0. The van der Waals surface area contributed by atoms with Gasteiger partial charge in [-0.05, 0) is 38.5 Å². The molecule has 0 bridgehead atoms. The van der Waals surface area contributed by atoms with E-state index in [1.165, 1.54) is 11.2 Å². The highest BCUT2D eigenvalue weighted by Crippen LogP contribution is 2.35. The molecule has 9 heteroatoms. The number of amides is 2. The Hall–Kier alpha value is -3.38. The molecule has 168 valence electrons. The van der Waals surface area contributed by atoms with Crippen molar-refractivity contribution in [2.45, 2.75) is 45.9 Å². The normalized spacial score (nSPS) is 17.4. The number of aryl methyl sites for hydroxylation is 1. The van der Waals surface area contributed by atoms with Crippen molar-refractivity contribution in [3.05, 3.63) is 46.5 Å². The summed E-state index contributed by atoms with van der Waals surface area (Å²) in [6, 6.07) is 5.81. The number of carbonyl (C=O) groups excluding carboxylic acids is 2. The van der Waals surface area contributed by atoms with Crippen LogP contribution >= 0.6 is 0 Å². The average molecular weight is 438 g/mol. The Kier molecular flexibility index (Phi) is 5.89. The highest BCUT2D eigenvalue weighted by molar-refractivity contribution is 6.35. The zero-order chi connectivity index (χ0) is 22.9. The van der Waals surface area contributed by atoms with Gasteiger partial charge in [-0.1, -0.05) is 0 Å². The smallest absolute Gasteiger partial charge is 0.312 e. The van der Waals surface area contributed by atoms with Crippen LogP contribution in [0.15, 0.2) is 22.8 Å². The molecule has 2 amide bonds. The van der Waals surface area contributed by atoms with E-state index in [4.69, 9.17) is 14.1 Å². The van der Waals surface area contributed by atoms with Crippen LogP contribution in [0, 0.1) is 18.3 Å². The van der Waals surface area contributed by atoms with E-state index in [2.05, 4.69) is 11.4 Å². The maximum absolute atomic E-state index is 12.5. The third-order valence-electron chi connectivity index (χ3n) is 5.99. The van der Waals surface area contributed by atoms with Crippen molar-refractivity contribution in [2.75, 3.05) is 31.1 Å². The molecule has 0 radical (unpaired) electrons. The Morgan fingerprint density at radius 3 is 2.66 bits per heavy atom. The van der Waals surface area contributed by atoms with E-state index in [9.17, 15) is 14.9 Å². The number of nitriles is 1. The highest BCUT2D eigenvalue weighted by atomic mass is 16.5. The van der Waals surface area contributed by atoms with Crippen LogP contribution in [0.2, 0.25) is 0 Å². The lowest BCUT2D eigenvalue weighted by Crippen LogP contribution is -2.53. The van der Waals surface area contributed by atoms with Gasteiger partial charge in [-0.3, -0.25) is 9.59 Å². The third-order valence-corrected chi connectivity index (χ3v) is 5.99. The summed E-state index contributed by atoms with van der Waals surface area (Å²) in [6.07, 6.45) is 2.17. The zero-order valence-electron chi connectivity index (χ0n) is 18.6. The Labute approximate surface area is 186 Å². The minimum atomic E-state index is -0.655. The van der Waals surface area contributed by atoms with Gasteiger partial charge in [-0.15, -0.1) is 0 Å². The van der Waals surface area contributed by atoms with E-state index < -0.39 is 11.8 Å². The molecule has 32 heavy (non-hydrogen) atoms. The maximum Gasteiger partial charge on any atom is 0.312 e. The monoisotopic (exact) mass is 437 g/mol. The predicted octanol–water partition coefficient (Wildman–Crippen LogP) is 1.67. The van der Waals surface area contributed by atoms with Gasteiger partial charge in [-0.2, -0.15) is 5.26 Å². The van der Waals surface area contributed by atoms with Crippen molar-refractivity contribution in [2.24, 2.45) is 0 Å². The molecular formula is C23H27N5O4. The quantitative estimate of drug-likeness (QED) is 0.727. The fourth-order valence-corrected chi connectivity index (χ4v) is 4.18. The van der Waals surface area contributed by atoms with Crippen LogP contribution in [-0.4, -0.2) is 53.5 Å². The second kappa shape index (κ2) is 8.63. The van der Waals surface area contributed by atoms with E-state index in [0.717, 1.165) is 16.8 Å². The second-order valence-electron chi connectivity index (χ2n) is 8.73. The van der Waals surface area contributed by atoms with Crippen molar-refractivity contribution >= 4 is 17.6 Å². The van der Waals surface area contributed by atoms with E-state index in [1.54, 1.807) is 12.1 Å². The number of ether oxygens (including phenoxy) is 1. The van der Waals surface area contributed by atoms with Gasteiger partial charge < -0.3 is 24.3 Å². The molecule has 0 aliphatic carbocycles. The molecule has 2 aliphatic rings. The molecular weight excluding hydrogens is 410 g/mol. The minimum Gasteiger partial charge on any atom is -0.467 e. The van der Waals surface area contributed by atoms with E-state index in [1.807, 2.05) is 25.7 Å². The summed E-state index contributed by atoms with van der Waals surface area (Å²) in [5, 5.41) is 12.5. The number of pyridine rings is 1. The lowest BCUT2D eigenvalue weighted by molar-refractivity contribution is -0.146. The lowest BCUT2D eigenvalue weighted by atomic mass is 9.88. The number of piperazine rings is 1. The van der Waals surface area contributed by atoms with Gasteiger partial charge in [0.1, 0.15) is 17.6 Å². The Bertz CT molecular complexity index is 1060. The van der Waals surface area contributed by atoms with Gasteiger partial charge in [0.05, 0.1) is 30.6 Å². The molecule has 0 unspecified atom stereocenters. The molecule has 0 aromatic carbocycles. The van der Waals surface area contributed by atoms with E-state index in [-0.39, 0.29) is 12.1 Å². The molecule has 1 fully saturated rings. The number of hydrogen-bond acceptors (Lipinski definition) is 7. The van der Waals surface area contributed by atoms with Crippen LogP contribution in [0.5, 0.6) is 0 Å². The molecule has 2 aliphatic heterocycles. The van der Waals surface area contributed by atoms with E-state index >= 15 is 0 Å². The second-order valence-corrected chi connectivity index (χ2v) is 8.73. The van der Waals surface area contributed by atoms with Crippen LogP contribution in [0.4, 0.5) is 5.82 Å². The molecule has 0 spiro atoms. The number of furan rings is 1. The topological polar surface area (TPSA) is 112 Å². The average Bonchev–Trinajstić information content (AvgIpc) is 3.30. The zero-order valence-corrected chi connectivity index (χ0v) is 18.6. The van der Waals surface area contributed by atoms with E-state index in [0.29, 0.717) is 56.3 Å². The number of carbonyl (C=O) groups is 2. The van der Waals surface area contributed by atoms with Gasteiger partial charge in [0.15, 0.2) is 0 Å². The van der Waals surface area contributed by atoms with Crippen LogP contribution in [0.3, 0.4) is 0 Å². The Balaban J connectivity index is 1.44. The number of fused-ring (bicyclic) bond motifs is 1. The van der Waals surface area contributed by atoms with Crippen molar-refractivity contribution < 1.29 is 18.7 Å². The van der Waals surface area contributed by atoms with Crippen molar-refractivity contribution in [1.82, 2.24) is 15.2 Å². The first-order valence-electron chi connectivity index (χ1n) is 10.7. The number of nitrogens with one attached hydrogen (secondary N) is 1. The molecule has 2 aromatic rings. The van der Waals surface area contributed by atoms with Gasteiger partial charge in [-0.25, -0.2) is 4.98 Å².